The first kappa shape index (κ1) is 27.3. The molecule has 1 aromatic carbocycles. The number of H-pyrrole nitrogens is 1. The molecule has 1 aromatic heterocycles. The number of benzene rings is 1. The lowest BCUT2D eigenvalue weighted by Crippen LogP contribution is -2.53. The van der Waals surface area contributed by atoms with E-state index in [0.717, 1.165) is 22.0 Å². The summed E-state index contributed by atoms with van der Waals surface area (Å²) in [6.45, 7) is 5.57. The molecule has 3 aliphatic rings. The number of carbonyl (C=O) groups excluding carboxylic acids is 3. The number of ketones is 2. The summed E-state index contributed by atoms with van der Waals surface area (Å²) in [4.78, 5) is 44.4. The zero-order valence-electron chi connectivity index (χ0n) is 22.8. The number of carbonyl (C=O) groups is 3. The number of allylic oxidation sites excluding steroid dienone is 4. The fraction of sp³-hybridized carbons (Fsp3) is 0.469. The highest BCUT2D eigenvalue weighted by atomic mass is 16.3. The number of rotatable bonds is 3. The summed E-state index contributed by atoms with van der Waals surface area (Å²) in [6.07, 6.45) is 9.32. The van der Waals surface area contributed by atoms with Crippen molar-refractivity contribution in [3.63, 3.8) is 0 Å². The number of Topliss-reactive ketones (excluding diaryl/α,β-unsaturated/α-hetero) is 2. The third kappa shape index (κ3) is 4.61. The Morgan fingerprint density at radius 2 is 1.85 bits per heavy atom. The second-order valence-corrected chi connectivity index (χ2v) is 11.6. The van der Waals surface area contributed by atoms with Gasteiger partial charge in [0.1, 0.15) is 17.3 Å². The topological polar surface area (TPSA) is 119 Å². The van der Waals surface area contributed by atoms with Crippen LogP contribution < -0.4 is 5.32 Å². The molecule has 7 heteroatoms. The maximum Gasteiger partial charge on any atom is 0.235 e. The Kier molecular flexibility index (Phi) is 7.49. The Bertz CT molecular complexity index is 1380. The molecule has 206 valence electrons. The zero-order valence-corrected chi connectivity index (χ0v) is 22.8. The van der Waals surface area contributed by atoms with Crippen molar-refractivity contribution in [3.05, 3.63) is 71.5 Å². The number of aromatic nitrogens is 1. The van der Waals surface area contributed by atoms with Crippen LogP contribution in [-0.4, -0.2) is 51.4 Å². The maximum atomic E-state index is 14.2. The van der Waals surface area contributed by atoms with E-state index in [4.69, 9.17) is 0 Å². The van der Waals surface area contributed by atoms with Crippen molar-refractivity contribution in [3.8, 4) is 0 Å². The molecule has 0 radical (unpaired) electrons. The summed E-state index contributed by atoms with van der Waals surface area (Å²) in [5.41, 5.74) is 2.06. The van der Waals surface area contributed by atoms with Crippen molar-refractivity contribution in [2.45, 2.75) is 58.6 Å². The van der Waals surface area contributed by atoms with Gasteiger partial charge in [-0.3, -0.25) is 14.4 Å². The van der Waals surface area contributed by atoms with Crippen molar-refractivity contribution >= 4 is 28.4 Å². The number of para-hydroxylation sites is 1. The molecular formula is C32H38N2O5. The van der Waals surface area contributed by atoms with Crippen LogP contribution in [0.5, 0.6) is 0 Å². The van der Waals surface area contributed by atoms with Gasteiger partial charge >= 0.3 is 0 Å². The third-order valence-electron chi connectivity index (χ3n) is 9.19. The number of hydrogen-bond acceptors (Lipinski definition) is 5. The lowest BCUT2D eigenvalue weighted by atomic mass is 9.54. The van der Waals surface area contributed by atoms with Gasteiger partial charge in [0.25, 0.3) is 0 Å². The molecule has 1 spiro atoms. The molecule has 7 nitrogen and oxygen atoms in total. The molecule has 1 saturated heterocycles. The minimum Gasteiger partial charge on any atom is -0.392 e. The van der Waals surface area contributed by atoms with Crippen molar-refractivity contribution in [1.29, 1.82) is 0 Å². The van der Waals surface area contributed by atoms with Crippen LogP contribution in [0.2, 0.25) is 0 Å². The normalized spacial score (nSPS) is 36.0. The molecule has 0 unspecified atom stereocenters. The van der Waals surface area contributed by atoms with E-state index in [9.17, 15) is 24.6 Å². The van der Waals surface area contributed by atoms with Crippen LogP contribution in [0.25, 0.3) is 10.9 Å². The molecule has 39 heavy (non-hydrogen) atoms. The van der Waals surface area contributed by atoms with Crippen LogP contribution in [0.3, 0.4) is 0 Å². The lowest BCUT2D eigenvalue weighted by molar-refractivity contribution is -0.146. The quantitative estimate of drug-likeness (QED) is 0.355. The number of hydrogen-bond donors (Lipinski definition) is 4. The Hall–Kier alpha value is -3.29. The molecule has 4 N–H and O–H groups in total. The number of fused-ring (bicyclic) bond motifs is 1. The van der Waals surface area contributed by atoms with Crippen molar-refractivity contribution in [2.24, 2.45) is 29.1 Å². The fourth-order valence-corrected chi connectivity index (χ4v) is 7.21. The largest absolute Gasteiger partial charge is 0.392 e. The van der Waals surface area contributed by atoms with E-state index in [1.807, 2.05) is 68.6 Å². The van der Waals surface area contributed by atoms with Gasteiger partial charge < -0.3 is 20.5 Å². The predicted octanol–water partition coefficient (Wildman–Crippen LogP) is 3.82. The van der Waals surface area contributed by atoms with Gasteiger partial charge in [0.2, 0.25) is 5.91 Å². The third-order valence-corrected chi connectivity index (χ3v) is 9.19. The van der Waals surface area contributed by atoms with E-state index in [1.165, 1.54) is 0 Å². The second kappa shape index (κ2) is 10.7. The number of aliphatic hydroxyl groups excluding tert-OH is 2. The highest BCUT2D eigenvalue weighted by Crippen LogP contribution is 2.55. The maximum absolute atomic E-state index is 14.2. The van der Waals surface area contributed by atoms with Crippen LogP contribution >= 0.6 is 0 Å². The highest BCUT2D eigenvalue weighted by Gasteiger charge is 2.65. The standard InChI is InChI=1S/C32H38N2O5/c1-18-7-6-8-23-14-22(17-35)20(3)29-26(15-21-16-33-25-10-5-4-9-24(21)25)34-31(39)32(23,29)28(37)12-11-27(36)30(38)19(2)13-18/h4-6,8-10,13-14,16,18,20,23,26,29-30,33,35,38H,7,11-12,15,17H2,1-3H3,(H,34,39)/b8-6-,19-13-/t18-,20+,23-,26-,29-,30+,32+/m0/s1. The molecule has 0 saturated carbocycles. The van der Waals surface area contributed by atoms with Gasteiger partial charge in [0.15, 0.2) is 5.78 Å². The molecule has 1 aliphatic heterocycles. The highest BCUT2D eigenvalue weighted by molar-refractivity contribution is 6.10. The van der Waals surface area contributed by atoms with Gasteiger partial charge in [-0.1, -0.05) is 56.4 Å². The summed E-state index contributed by atoms with van der Waals surface area (Å²) in [5, 5.41) is 25.1. The number of amides is 1. The first-order valence-electron chi connectivity index (χ1n) is 13.9. The van der Waals surface area contributed by atoms with Crippen LogP contribution in [0.4, 0.5) is 0 Å². The van der Waals surface area contributed by atoms with Crippen LogP contribution in [0, 0.1) is 29.1 Å². The number of aliphatic hydroxyl groups is 2. The fourth-order valence-electron chi connectivity index (χ4n) is 7.21. The Morgan fingerprint density at radius 1 is 1.08 bits per heavy atom. The van der Waals surface area contributed by atoms with Crippen LogP contribution in [0.15, 0.2) is 65.9 Å². The number of aromatic amines is 1. The van der Waals surface area contributed by atoms with E-state index in [1.54, 1.807) is 6.92 Å². The Balaban J connectivity index is 1.59. The summed E-state index contributed by atoms with van der Waals surface area (Å²) in [6, 6.07) is 7.66. The molecule has 5 rings (SSSR count). The van der Waals surface area contributed by atoms with Gasteiger partial charge in [-0.15, -0.1) is 0 Å². The molecular weight excluding hydrogens is 492 g/mol. The van der Waals surface area contributed by atoms with E-state index in [0.29, 0.717) is 18.4 Å². The summed E-state index contributed by atoms with van der Waals surface area (Å²) < 4.78 is 0. The minimum absolute atomic E-state index is 0.0581. The van der Waals surface area contributed by atoms with Crippen molar-refractivity contribution in [2.75, 3.05) is 6.61 Å². The summed E-state index contributed by atoms with van der Waals surface area (Å²) in [5.74, 6) is -2.13. The molecule has 2 aromatic rings. The smallest absolute Gasteiger partial charge is 0.235 e. The molecule has 1 fully saturated rings. The van der Waals surface area contributed by atoms with Gasteiger partial charge in [-0.2, -0.15) is 0 Å². The van der Waals surface area contributed by atoms with E-state index in [2.05, 4.69) is 10.3 Å². The molecule has 2 heterocycles. The average Bonchev–Trinajstić information content (AvgIpc) is 3.46. The predicted molar refractivity (Wildman–Crippen MR) is 150 cm³/mol. The molecule has 0 bridgehead atoms. The zero-order chi connectivity index (χ0) is 27.9. The van der Waals surface area contributed by atoms with Gasteiger partial charge in [-0.05, 0) is 54.4 Å². The van der Waals surface area contributed by atoms with E-state index >= 15 is 0 Å². The average molecular weight is 531 g/mol. The lowest BCUT2D eigenvalue weighted by Gasteiger charge is -2.45. The van der Waals surface area contributed by atoms with Gasteiger partial charge in [-0.25, -0.2) is 0 Å². The number of nitrogens with one attached hydrogen (secondary N) is 2. The van der Waals surface area contributed by atoms with Crippen LogP contribution in [0.1, 0.15) is 45.6 Å². The van der Waals surface area contributed by atoms with E-state index < -0.39 is 29.1 Å². The molecule has 2 aliphatic carbocycles. The van der Waals surface area contributed by atoms with E-state index in [-0.39, 0.29) is 49.0 Å². The Morgan fingerprint density at radius 3 is 2.62 bits per heavy atom. The van der Waals surface area contributed by atoms with Crippen LogP contribution in [-0.2, 0) is 20.8 Å². The molecule has 1 amide bonds. The minimum atomic E-state index is -1.39. The van der Waals surface area contributed by atoms with Gasteiger partial charge in [0.05, 0.1) is 6.61 Å². The first-order chi connectivity index (χ1) is 18.7. The van der Waals surface area contributed by atoms with Crippen molar-refractivity contribution < 1.29 is 24.6 Å². The summed E-state index contributed by atoms with van der Waals surface area (Å²) in [7, 11) is 0. The SMILES string of the molecule is C/C1=C/[C@@H](C)C/C=C\[C@H]2C=C(CO)[C@@H](C)[C@H]3[C@H](Cc4c[nH]c5ccccc45)NC(=O)[C@]32C(=O)CCC(=O)[C@@H]1O. The first-order valence-corrected chi connectivity index (χ1v) is 13.9. The monoisotopic (exact) mass is 530 g/mol. The second-order valence-electron chi connectivity index (χ2n) is 11.6. The summed E-state index contributed by atoms with van der Waals surface area (Å²) >= 11 is 0. The Labute approximate surface area is 229 Å². The van der Waals surface area contributed by atoms with Crippen molar-refractivity contribution in [1.82, 2.24) is 10.3 Å². The molecule has 7 atom stereocenters. The van der Waals surface area contributed by atoms with Gasteiger partial charge in [0, 0.05) is 47.8 Å².